The Morgan fingerprint density at radius 1 is 1.47 bits per heavy atom. The number of aromatic nitrogens is 3. The lowest BCUT2D eigenvalue weighted by atomic mass is 10.4. The Balaban J connectivity index is 2.52. The van der Waals surface area contributed by atoms with E-state index in [0.29, 0.717) is 23.8 Å². The van der Waals surface area contributed by atoms with E-state index in [4.69, 9.17) is 16.3 Å². The summed E-state index contributed by atoms with van der Waals surface area (Å²) in [7, 11) is 3.14. The van der Waals surface area contributed by atoms with Crippen molar-refractivity contribution in [1.82, 2.24) is 19.9 Å². The van der Waals surface area contributed by atoms with Gasteiger partial charge in [-0.2, -0.15) is 4.98 Å². The van der Waals surface area contributed by atoms with Crippen molar-refractivity contribution in [3.8, 4) is 5.88 Å². The number of nitrogens with one attached hydrogen (secondary N) is 1. The molecule has 0 aromatic carbocycles. The number of fused-ring (bicyclic) bond motifs is 1. The first-order valence-corrected chi connectivity index (χ1v) is 6.39. The van der Waals surface area contributed by atoms with Crippen LogP contribution in [0.25, 0.3) is 11.2 Å². The summed E-state index contributed by atoms with van der Waals surface area (Å²) in [5.74, 6) is 1.56. The van der Waals surface area contributed by atoms with Gasteiger partial charge < -0.3 is 14.6 Å². The molecule has 6 nitrogen and oxygen atoms in total. The van der Waals surface area contributed by atoms with Crippen molar-refractivity contribution < 1.29 is 9.53 Å². The van der Waals surface area contributed by atoms with Gasteiger partial charge in [0.1, 0.15) is 17.9 Å². The molecule has 0 aliphatic heterocycles. The van der Waals surface area contributed by atoms with Crippen LogP contribution in [0.2, 0.25) is 0 Å². The van der Waals surface area contributed by atoms with Gasteiger partial charge in [0.15, 0.2) is 5.65 Å². The summed E-state index contributed by atoms with van der Waals surface area (Å²) in [6.45, 7) is 0.166. The number of pyridine rings is 1. The van der Waals surface area contributed by atoms with Gasteiger partial charge in [0, 0.05) is 25.4 Å². The minimum Gasteiger partial charge on any atom is -0.481 e. The standard InChI is InChI=1S/C12H15ClN4O2/c1-14-10(18)7-17-9(5-6-13)15-8-3-4-11(19-2)16-12(8)17/h3-4H,5-7H2,1-2H3,(H,14,18). The number of hydrogen-bond donors (Lipinski definition) is 1. The van der Waals surface area contributed by atoms with E-state index >= 15 is 0 Å². The van der Waals surface area contributed by atoms with Crippen molar-refractivity contribution in [2.75, 3.05) is 20.0 Å². The maximum Gasteiger partial charge on any atom is 0.239 e. The molecule has 0 unspecified atom stereocenters. The molecule has 0 saturated carbocycles. The number of ether oxygens (including phenoxy) is 1. The molecule has 0 aliphatic carbocycles. The van der Waals surface area contributed by atoms with E-state index in [0.717, 1.165) is 11.3 Å². The Labute approximate surface area is 115 Å². The molecule has 0 spiro atoms. The molecule has 2 aromatic rings. The zero-order valence-corrected chi connectivity index (χ0v) is 11.6. The average molecular weight is 283 g/mol. The number of imidazole rings is 1. The molecule has 0 bridgehead atoms. The summed E-state index contributed by atoms with van der Waals surface area (Å²) >= 11 is 5.77. The van der Waals surface area contributed by atoms with Crippen LogP contribution in [-0.2, 0) is 17.8 Å². The van der Waals surface area contributed by atoms with Gasteiger partial charge in [0.25, 0.3) is 0 Å². The number of aryl methyl sites for hydroxylation is 1. The number of hydrogen-bond acceptors (Lipinski definition) is 4. The van der Waals surface area contributed by atoms with Gasteiger partial charge in [-0.05, 0) is 6.07 Å². The Hall–Kier alpha value is -1.82. The number of halogens is 1. The van der Waals surface area contributed by atoms with Gasteiger partial charge in [0.05, 0.1) is 7.11 Å². The second-order valence-electron chi connectivity index (χ2n) is 3.92. The number of amides is 1. The summed E-state index contributed by atoms with van der Waals surface area (Å²) in [5.41, 5.74) is 1.35. The number of nitrogens with zero attached hydrogens (tertiary/aromatic N) is 3. The number of likely N-dealkylation sites (N-methyl/N-ethyl adjacent to an activating group) is 1. The maximum absolute atomic E-state index is 11.6. The van der Waals surface area contributed by atoms with E-state index in [1.54, 1.807) is 24.8 Å². The monoisotopic (exact) mass is 282 g/mol. The van der Waals surface area contributed by atoms with Crippen LogP contribution in [-0.4, -0.2) is 40.5 Å². The molecule has 2 rings (SSSR count). The molecule has 2 heterocycles. The lowest BCUT2D eigenvalue weighted by Gasteiger charge is -2.07. The third kappa shape index (κ3) is 2.78. The van der Waals surface area contributed by atoms with Gasteiger partial charge in [-0.3, -0.25) is 4.79 Å². The van der Waals surface area contributed by atoms with Crippen LogP contribution in [0, 0.1) is 0 Å². The first-order valence-electron chi connectivity index (χ1n) is 5.86. The molecule has 1 N–H and O–H groups in total. The van der Waals surface area contributed by atoms with E-state index in [-0.39, 0.29) is 12.5 Å². The molecular weight excluding hydrogens is 268 g/mol. The molecule has 2 aromatic heterocycles. The minimum absolute atomic E-state index is 0.111. The fraction of sp³-hybridized carbons (Fsp3) is 0.417. The highest BCUT2D eigenvalue weighted by Crippen LogP contribution is 2.18. The van der Waals surface area contributed by atoms with E-state index in [1.165, 1.54) is 0 Å². The van der Waals surface area contributed by atoms with E-state index in [1.807, 2.05) is 6.07 Å². The first kappa shape index (κ1) is 13.6. The number of carbonyl (C=O) groups is 1. The zero-order valence-electron chi connectivity index (χ0n) is 10.8. The Morgan fingerprint density at radius 3 is 2.89 bits per heavy atom. The van der Waals surface area contributed by atoms with Crippen molar-refractivity contribution in [3.05, 3.63) is 18.0 Å². The van der Waals surface area contributed by atoms with Crippen LogP contribution >= 0.6 is 11.6 Å². The third-order valence-corrected chi connectivity index (χ3v) is 2.94. The maximum atomic E-state index is 11.6. The third-order valence-electron chi connectivity index (χ3n) is 2.75. The molecule has 19 heavy (non-hydrogen) atoms. The lowest BCUT2D eigenvalue weighted by Crippen LogP contribution is -2.24. The molecule has 0 radical (unpaired) electrons. The molecule has 0 saturated heterocycles. The molecule has 0 atom stereocenters. The number of rotatable bonds is 5. The summed E-state index contributed by atoms with van der Waals surface area (Å²) in [6, 6.07) is 3.56. The topological polar surface area (TPSA) is 69.0 Å². The second kappa shape index (κ2) is 5.88. The van der Waals surface area contributed by atoms with Gasteiger partial charge in [-0.1, -0.05) is 0 Å². The average Bonchev–Trinajstić information content (AvgIpc) is 2.76. The fourth-order valence-corrected chi connectivity index (χ4v) is 1.98. The zero-order chi connectivity index (χ0) is 13.8. The minimum atomic E-state index is -0.111. The van der Waals surface area contributed by atoms with E-state index in [2.05, 4.69) is 15.3 Å². The van der Waals surface area contributed by atoms with Gasteiger partial charge in [-0.25, -0.2) is 4.98 Å². The highest BCUT2D eigenvalue weighted by atomic mass is 35.5. The summed E-state index contributed by atoms with van der Waals surface area (Å²) in [4.78, 5) is 20.4. The quantitative estimate of drug-likeness (QED) is 0.830. The highest BCUT2D eigenvalue weighted by molar-refractivity contribution is 6.17. The first-order chi connectivity index (χ1) is 9.19. The molecule has 7 heteroatoms. The van der Waals surface area contributed by atoms with E-state index < -0.39 is 0 Å². The van der Waals surface area contributed by atoms with Crippen molar-refractivity contribution in [3.63, 3.8) is 0 Å². The fourth-order valence-electron chi connectivity index (χ4n) is 1.81. The van der Waals surface area contributed by atoms with Crippen LogP contribution in [0.1, 0.15) is 5.82 Å². The Bertz CT molecular complexity index is 597. The molecule has 1 amide bonds. The van der Waals surface area contributed by atoms with Crippen LogP contribution in [0.3, 0.4) is 0 Å². The Morgan fingerprint density at radius 2 is 2.26 bits per heavy atom. The molecular formula is C12H15ClN4O2. The summed E-state index contributed by atoms with van der Waals surface area (Å²) in [6.07, 6.45) is 0.581. The summed E-state index contributed by atoms with van der Waals surface area (Å²) in [5, 5.41) is 2.59. The summed E-state index contributed by atoms with van der Waals surface area (Å²) < 4.78 is 6.86. The number of alkyl halides is 1. The number of methoxy groups -OCH3 is 1. The van der Waals surface area contributed by atoms with Gasteiger partial charge in [-0.15, -0.1) is 11.6 Å². The SMILES string of the molecule is CNC(=O)Cn1c(CCCl)nc2ccc(OC)nc21. The Kier molecular flexibility index (Phi) is 4.21. The predicted molar refractivity (Wildman–Crippen MR) is 72.6 cm³/mol. The van der Waals surface area contributed by atoms with Crippen LogP contribution in [0.15, 0.2) is 12.1 Å². The van der Waals surface area contributed by atoms with Crippen LogP contribution in [0.5, 0.6) is 5.88 Å². The van der Waals surface area contributed by atoms with E-state index in [9.17, 15) is 4.79 Å². The normalized spacial score (nSPS) is 10.7. The lowest BCUT2D eigenvalue weighted by molar-refractivity contribution is -0.121. The molecule has 0 fully saturated rings. The predicted octanol–water partition coefficient (Wildman–Crippen LogP) is 0.967. The van der Waals surface area contributed by atoms with Gasteiger partial charge >= 0.3 is 0 Å². The van der Waals surface area contributed by atoms with Crippen LogP contribution < -0.4 is 10.1 Å². The van der Waals surface area contributed by atoms with Gasteiger partial charge in [0.2, 0.25) is 11.8 Å². The molecule has 0 aliphatic rings. The van der Waals surface area contributed by atoms with Crippen LogP contribution in [0.4, 0.5) is 0 Å². The van der Waals surface area contributed by atoms with Crippen molar-refractivity contribution >= 4 is 28.7 Å². The second-order valence-corrected chi connectivity index (χ2v) is 4.30. The smallest absolute Gasteiger partial charge is 0.239 e. The van der Waals surface area contributed by atoms with Crippen molar-refractivity contribution in [1.29, 1.82) is 0 Å². The molecule has 102 valence electrons. The van der Waals surface area contributed by atoms with Crippen molar-refractivity contribution in [2.24, 2.45) is 0 Å². The highest BCUT2D eigenvalue weighted by Gasteiger charge is 2.14. The van der Waals surface area contributed by atoms with Crippen molar-refractivity contribution in [2.45, 2.75) is 13.0 Å². The number of carbonyl (C=O) groups excluding carboxylic acids is 1. The largest absolute Gasteiger partial charge is 0.481 e.